The number of hydrogen-bond donors (Lipinski definition) is 0. The fraction of sp³-hybridized carbons (Fsp3) is 1.00. The van der Waals surface area contributed by atoms with E-state index in [1.165, 1.54) is 173 Å². The first-order valence-electron chi connectivity index (χ1n) is 24.6. The summed E-state index contributed by atoms with van der Waals surface area (Å²) < 4.78 is 35.8. The molecule has 4 nitrogen and oxygen atoms in total. The molecule has 0 bridgehead atoms. The van der Waals surface area contributed by atoms with Gasteiger partial charge in [0.2, 0.25) is 0 Å². The Morgan fingerprint density at radius 2 is 0.415 bits per heavy atom. The Kier molecular flexibility index (Phi) is 41.8. The van der Waals surface area contributed by atoms with Gasteiger partial charge in [0.1, 0.15) is 0 Å². The van der Waals surface area contributed by atoms with E-state index in [4.69, 9.17) is 13.6 Å². The predicted molar refractivity (Wildman–Crippen MR) is 236 cm³/mol. The molecule has 0 aromatic rings. The molecule has 0 aromatic carbocycles. The fourth-order valence-corrected chi connectivity index (χ4v) is 9.63. The molecule has 0 amide bonds. The molecule has 0 saturated carbocycles. The van der Waals surface area contributed by atoms with E-state index in [-0.39, 0.29) is 18.3 Å². The molecule has 0 N–H and O–H groups in total. The highest BCUT2D eigenvalue weighted by Crippen LogP contribution is 2.55. The van der Waals surface area contributed by atoms with Crippen LogP contribution in [-0.4, -0.2) is 18.3 Å². The average Bonchev–Trinajstić information content (AvgIpc) is 3.15. The second-order valence-corrected chi connectivity index (χ2v) is 18.4. The Morgan fingerprint density at radius 3 is 0.604 bits per heavy atom. The van der Waals surface area contributed by atoms with E-state index >= 15 is 4.57 Å². The summed E-state index contributed by atoms with van der Waals surface area (Å²) in [5.41, 5.74) is 0. The molecule has 5 heteroatoms. The summed E-state index contributed by atoms with van der Waals surface area (Å²) in [6, 6.07) is 0. The van der Waals surface area contributed by atoms with Crippen molar-refractivity contribution in [1.82, 2.24) is 0 Å². The van der Waals surface area contributed by atoms with Crippen molar-refractivity contribution >= 4 is 7.82 Å². The number of rotatable bonds is 45. The van der Waals surface area contributed by atoms with E-state index in [2.05, 4.69) is 41.5 Å². The van der Waals surface area contributed by atoms with Gasteiger partial charge in [-0.3, -0.25) is 13.6 Å². The number of phosphoric acid groups is 1. The Hall–Kier alpha value is 0.110. The molecule has 0 fully saturated rings. The summed E-state index contributed by atoms with van der Waals surface area (Å²) in [5.74, 6) is 0. The lowest BCUT2D eigenvalue weighted by molar-refractivity contribution is 0.0156. The molecular formula is C48H99O4P. The van der Waals surface area contributed by atoms with E-state index in [1.807, 2.05) is 0 Å². The molecule has 320 valence electrons. The van der Waals surface area contributed by atoms with Gasteiger partial charge in [-0.25, -0.2) is 4.57 Å². The van der Waals surface area contributed by atoms with Crippen molar-refractivity contribution in [2.75, 3.05) is 0 Å². The molecule has 0 radical (unpaired) electrons. The third kappa shape index (κ3) is 36.2. The summed E-state index contributed by atoms with van der Waals surface area (Å²) in [5, 5.41) is 0. The van der Waals surface area contributed by atoms with Crippen molar-refractivity contribution in [2.45, 2.75) is 310 Å². The van der Waals surface area contributed by atoms with Gasteiger partial charge in [-0.2, -0.15) is 0 Å². The van der Waals surface area contributed by atoms with E-state index < -0.39 is 7.82 Å². The molecule has 0 aliphatic carbocycles. The number of unbranched alkanes of at least 4 members (excludes halogenated alkanes) is 27. The second-order valence-electron chi connectivity index (χ2n) is 16.9. The summed E-state index contributed by atoms with van der Waals surface area (Å²) in [7, 11) is -3.77. The maximum absolute atomic E-state index is 15.3. The van der Waals surface area contributed by atoms with Crippen LogP contribution in [0.2, 0.25) is 0 Å². The summed E-state index contributed by atoms with van der Waals surface area (Å²) in [4.78, 5) is 0. The van der Waals surface area contributed by atoms with Crippen molar-refractivity contribution in [1.29, 1.82) is 0 Å². The lowest BCUT2D eigenvalue weighted by Crippen LogP contribution is -2.22. The molecule has 0 aliphatic heterocycles. The minimum absolute atomic E-state index is 0.0491. The number of hydrogen-bond acceptors (Lipinski definition) is 4. The summed E-state index contributed by atoms with van der Waals surface area (Å²) in [6.07, 6.45) is 47.1. The van der Waals surface area contributed by atoms with Gasteiger partial charge in [-0.15, -0.1) is 0 Å². The topological polar surface area (TPSA) is 44.8 Å². The Bertz CT molecular complexity index is 650. The highest BCUT2D eigenvalue weighted by atomic mass is 31.2. The monoisotopic (exact) mass is 771 g/mol. The SMILES string of the molecule is CCCCCCCCCC(CCCCCC)OP(=O)(OC(CCCCCC)CCCCCCCCC)OC(CCCCCC)CCCCCCCCC. The Morgan fingerprint density at radius 1 is 0.264 bits per heavy atom. The van der Waals surface area contributed by atoms with Crippen LogP contribution in [0.5, 0.6) is 0 Å². The van der Waals surface area contributed by atoms with Crippen molar-refractivity contribution in [3.63, 3.8) is 0 Å². The van der Waals surface area contributed by atoms with Gasteiger partial charge < -0.3 is 0 Å². The first kappa shape index (κ1) is 53.1. The minimum atomic E-state index is -3.77. The zero-order valence-corrected chi connectivity index (χ0v) is 38.3. The van der Waals surface area contributed by atoms with Gasteiger partial charge in [0, 0.05) is 0 Å². The fourth-order valence-electron chi connectivity index (χ4n) is 7.76. The third-order valence-electron chi connectivity index (χ3n) is 11.4. The van der Waals surface area contributed by atoms with Gasteiger partial charge in [0.15, 0.2) is 0 Å². The van der Waals surface area contributed by atoms with Gasteiger partial charge in [0.05, 0.1) is 18.3 Å². The Labute approximate surface area is 335 Å². The minimum Gasteiger partial charge on any atom is -0.284 e. The molecule has 0 aliphatic rings. The van der Waals surface area contributed by atoms with E-state index in [0.717, 1.165) is 77.0 Å². The lowest BCUT2D eigenvalue weighted by Gasteiger charge is -2.31. The molecule has 0 aromatic heterocycles. The zero-order chi connectivity index (χ0) is 38.9. The standard InChI is InChI=1S/C48H99O4P/c1-7-13-19-25-28-31-37-43-46(40-34-22-16-10-4)50-53(49,51-47(41-35-23-17-11-5)44-38-32-29-26-20-14-8-2)52-48(42-36-24-18-12-6)45-39-33-30-27-21-15-9-3/h46-48H,7-45H2,1-6H3. The van der Waals surface area contributed by atoms with Crippen molar-refractivity contribution in [3.8, 4) is 0 Å². The molecule has 0 heterocycles. The summed E-state index contributed by atoms with van der Waals surface area (Å²) >= 11 is 0. The van der Waals surface area contributed by atoms with Gasteiger partial charge >= 0.3 is 7.82 Å². The quantitative estimate of drug-likeness (QED) is 0.0457. The van der Waals surface area contributed by atoms with Crippen LogP contribution in [0.25, 0.3) is 0 Å². The highest BCUT2D eigenvalue weighted by Gasteiger charge is 2.36. The maximum atomic E-state index is 15.3. The molecule has 0 saturated heterocycles. The Balaban J connectivity index is 6.05. The largest absolute Gasteiger partial charge is 0.475 e. The van der Waals surface area contributed by atoms with Gasteiger partial charge in [0.25, 0.3) is 0 Å². The van der Waals surface area contributed by atoms with Crippen LogP contribution in [0.4, 0.5) is 0 Å². The van der Waals surface area contributed by atoms with Crippen LogP contribution in [0.15, 0.2) is 0 Å². The van der Waals surface area contributed by atoms with Crippen LogP contribution in [0.3, 0.4) is 0 Å². The molecule has 3 atom stereocenters. The normalized spacial score (nSPS) is 14.8. The number of phosphoric ester groups is 1. The third-order valence-corrected chi connectivity index (χ3v) is 13.0. The molecule has 3 unspecified atom stereocenters. The van der Waals surface area contributed by atoms with Gasteiger partial charge in [-0.05, 0) is 38.5 Å². The van der Waals surface area contributed by atoms with E-state index in [1.54, 1.807) is 0 Å². The molecule has 53 heavy (non-hydrogen) atoms. The zero-order valence-electron chi connectivity index (χ0n) is 37.4. The average molecular weight is 771 g/mol. The van der Waals surface area contributed by atoms with Crippen LogP contribution in [-0.2, 0) is 18.1 Å². The first-order valence-corrected chi connectivity index (χ1v) is 26.1. The molecular weight excluding hydrogens is 671 g/mol. The van der Waals surface area contributed by atoms with E-state index in [0.29, 0.717) is 0 Å². The second kappa shape index (κ2) is 41.7. The van der Waals surface area contributed by atoms with Crippen molar-refractivity contribution in [3.05, 3.63) is 0 Å². The van der Waals surface area contributed by atoms with Crippen LogP contribution >= 0.6 is 7.82 Å². The summed E-state index contributed by atoms with van der Waals surface area (Å²) in [6.45, 7) is 13.7. The predicted octanol–water partition coefficient (Wildman–Crippen LogP) is 18.6. The highest BCUT2D eigenvalue weighted by molar-refractivity contribution is 7.48. The van der Waals surface area contributed by atoms with Gasteiger partial charge in [-0.1, -0.05) is 253 Å². The maximum Gasteiger partial charge on any atom is 0.475 e. The molecule has 0 spiro atoms. The van der Waals surface area contributed by atoms with E-state index in [9.17, 15) is 0 Å². The van der Waals surface area contributed by atoms with Crippen LogP contribution < -0.4 is 0 Å². The van der Waals surface area contributed by atoms with Crippen molar-refractivity contribution in [2.24, 2.45) is 0 Å². The molecule has 0 rings (SSSR count). The van der Waals surface area contributed by atoms with Crippen LogP contribution in [0, 0.1) is 0 Å². The van der Waals surface area contributed by atoms with Crippen molar-refractivity contribution < 1.29 is 18.1 Å². The first-order chi connectivity index (χ1) is 26.0. The lowest BCUT2D eigenvalue weighted by atomic mass is 10.0. The van der Waals surface area contributed by atoms with Crippen LogP contribution in [0.1, 0.15) is 292 Å². The smallest absolute Gasteiger partial charge is 0.284 e.